The van der Waals surface area contributed by atoms with Crippen LogP contribution in [0.25, 0.3) is 6.08 Å². The minimum atomic E-state index is 0.0539. The fraction of sp³-hybridized carbons (Fsp3) is 0.400. The molecule has 1 heterocycles. The Balaban J connectivity index is 2.07. The monoisotopic (exact) mass is 297 g/mol. The van der Waals surface area contributed by atoms with Crippen LogP contribution in [0.4, 0.5) is 0 Å². The zero-order valence-corrected chi connectivity index (χ0v) is 12.4. The quantitative estimate of drug-likeness (QED) is 0.741. The molecule has 1 atom stereocenters. The Morgan fingerprint density at radius 2 is 2.16 bits per heavy atom. The molecule has 1 saturated heterocycles. The Hall–Kier alpha value is -0.990. The summed E-state index contributed by atoms with van der Waals surface area (Å²) in [6, 6.07) is 5.58. The molecule has 0 N–H and O–H groups in total. The lowest BCUT2D eigenvalue weighted by molar-refractivity contribution is -0.129. The maximum atomic E-state index is 12.1. The van der Waals surface area contributed by atoms with Gasteiger partial charge in [-0.1, -0.05) is 29.3 Å². The molecule has 1 aliphatic heterocycles. The largest absolute Gasteiger partial charge is 0.336 e. The van der Waals surface area contributed by atoms with Gasteiger partial charge in [-0.05, 0) is 50.0 Å². The van der Waals surface area contributed by atoms with Crippen molar-refractivity contribution in [1.29, 1.82) is 0 Å². The van der Waals surface area contributed by atoms with Crippen molar-refractivity contribution in [2.45, 2.75) is 32.2 Å². The number of benzene rings is 1. The van der Waals surface area contributed by atoms with Gasteiger partial charge in [0, 0.05) is 28.7 Å². The van der Waals surface area contributed by atoms with Gasteiger partial charge in [0.15, 0.2) is 0 Å². The van der Waals surface area contributed by atoms with E-state index in [2.05, 4.69) is 6.92 Å². The van der Waals surface area contributed by atoms with Crippen LogP contribution < -0.4 is 0 Å². The minimum absolute atomic E-state index is 0.0539. The Morgan fingerprint density at radius 1 is 1.37 bits per heavy atom. The number of likely N-dealkylation sites (tertiary alicyclic amines) is 1. The van der Waals surface area contributed by atoms with E-state index < -0.39 is 0 Å². The molecule has 1 aromatic rings. The normalized spacial score (nSPS) is 19.9. The topological polar surface area (TPSA) is 20.3 Å². The van der Waals surface area contributed by atoms with Crippen LogP contribution in [0.1, 0.15) is 31.7 Å². The average molecular weight is 298 g/mol. The van der Waals surface area contributed by atoms with Gasteiger partial charge in [-0.2, -0.15) is 0 Å². The van der Waals surface area contributed by atoms with Gasteiger partial charge >= 0.3 is 0 Å². The number of hydrogen-bond acceptors (Lipinski definition) is 1. The zero-order valence-electron chi connectivity index (χ0n) is 10.9. The molecule has 102 valence electrons. The third kappa shape index (κ3) is 3.74. The molecule has 0 aromatic heterocycles. The van der Waals surface area contributed by atoms with Gasteiger partial charge in [0.1, 0.15) is 0 Å². The second-order valence-corrected chi connectivity index (χ2v) is 5.72. The third-order valence-corrected chi connectivity index (χ3v) is 4.02. The van der Waals surface area contributed by atoms with Crippen molar-refractivity contribution in [3.8, 4) is 0 Å². The van der Waals surface area contributed by atoms with E-state index in [0.29, 0.717) is 16.1 Å². The number of hydrogen-bond donors (Lipinski definition) is 0. The molecule has 0 bridgehead atoms. The highest BCUT2D eigenvalue weighted by molar-refractivity contribution is 6.35. The van der Waals surface area contributed by atoms with Crippen molar-refractivity contribution in [2.75, 3.05) is 6.54 Å². The summed E-state index contributed by atoms with van der Waals surface area (Å²) in [5, 5.41) is 1.15. The maximum Gasteiger partial charge on any atom is 0.246 e. The number of nitrogens with zero attached hydrogens (tertiary/aromatic N) is 1. The van der Waals surface area contributed by atoms with Crippen LogP contribution in [0.2, 0.25) is 10.0 Å². The molecule has 1 aliphatic rings. The Kier molecular flexibility index (Phi) is 4.89. The zero-order chi connectivity index (χ0) is 13.8. The Labute approximate surface area is 124 Å². The summed E-state index contributed by atoms with van der Waals surface area (Å²) in [6.07, 6.45) is 6.73. The van der Waals surface area contributed by atoms with E-state index >= 15 is 0 Å². The summed E-state index contributed by atoms with van der Waals surface area (Å²) in [5.74, 6) is 0.0539. The van der Waals surface area contributed by atoms with Crippen molar-refractivity contribution in [2.24, 2.45) is 0 Å². The molecule has 4 heteroatoms. The first-order chi connectivity index (χ1) is 9.08. The SMILES string of the molecule is CC1CCCCN1C(=O)C=Cc1ccc(Cl)cc1Cl. The van der Waals surface area contributed by atoms with Gasteiger partial charge in [-0.25, -0.2) is 0 Å². The van der Waals surface area contributed by atoms with E-state index in [4.69, 9.17) is 23.2 Å². The lowest BCUT2D eigenvalue weighted by Crippen LogP contribution is -2.41. The number of rotatable bonds is 2. The van der Waals surface area contributed by atoms with Crippen molar-refractivity contribution in [1.82, 2.24) is 4.90 Å². The molecular weight excluding hydrogens is 281 g/mol. The molecule has 1 aromatic carbocycles. The summed E-state index contributed by atoms with van der Waals surface area (Å²) in [4.78, 5) is 14.1. The standard InChI is InChI=1S/C15H17Cl2NO/c1-11-4-2-3-9-18(11)15(19)8-6-12-5-7-13(16)10-14(12)17/h5-8,10-11H,2-4,9H2,1H3. The van der Waals surface area contributed by atoms with E-state index in [-0.39, 0.29) is 5.91 Å². The summed E-state index contributed by atoms with van der Waals surface area (Å²) < 4.78 is 0. The van der Waals surface area contributed by atoms with Crippen molar-refractivity contribution in [3.63, 3.8) is 0 Å². The Bertz CT molecular complexity index is 499. The smallest absolute Gasteiger partial charge is 0.246 e. The van der Waals surface area contributed by atoms with Crippen molar-refractivity contribution in [3.05, 3.63) is 39.9 Å². The predicted octanol–water partition coefficient (Wildman–Crippen LogP) is 4.41. The summed E-state index contributed by atoms with van der Waals surface area (Å²) in [5.41, 5.74) is 0.809. The summed E-state index contributed by atoms with van der Waals surface area (Å²) >= 11 is 11.9. The molecule has 0 aliphatic carbocycles. The first-order valence-electron chi connectivity index (χ1n) is 6.51. The minimum Gasteiger partial charge on any atom is -0.336 e. The summed E-state index contributed by atoms with van der Waals surface area (Å²) in [7, 11) is 0. The molecule has 1 unspecified atom stereocenters. The number of carbonyl (C=O) groups is 1. The average Bonchev–Trinajstić information content (AvgIpc) is 2.38. The fourth-order valence-electron chi connectivity index (χ4n) is 2.32. The van der Waals surface area contributed by atoms with E-state index in [1.54, 1.807) is 24.3 Å². The molecular formula is C15H17Cl2NO. The third-order valence-electron chi connectivity index (χ3n) is 3.45. The van der Waals surface area contributed by atoms with E-state index in [1.807, 2.05) is 11.0 Å². The molecule has 0 saturated carbocycles. The highest BCUT2D eigenvalue weighted by atomic mass is 35.5. The van der Waals surface area contributed by atoms with Crippen LogP contribution in [0, 0.1) is 0 Å². The van der Waals surface area contributed by atoms with Gasteiger partial charge in [-0.15, -0.1) is 0 Å². The van der Waals surface area contributed by atoms with E-state index in [0.717, 1.165) is 24.9 Å². The number of amides is 1. The molecule has 1 amide bonds. The molecule has 19 heavy (non-hydrogen) atoms. The van der Waals surface area contributed by atoms with Gasteiger partial charge < -0.3 is 4.90 Å². The maximum absolute atomic E-state index is 12.1. The molecule has 2 rings (SSSR count). The summed E-state index contributed by atoms with van der Waals surface area (Å²) in [6.45, 7) is 2.94. The second-order valence-electron chi connectivity index (χ2n) is 4.88. The first kappa shape index (κ1) is 14.4. The number of piperidine rings is 1. The van der Waals surface area contributed by atoms with Crippen LogP contribution in [0.3, 0.4) is 0 Å². The first-order valence-corrected chi connectivity index (χ1v) is 7.27. The lowest BCUT2D eigenvalue weighted by Gasteiger charge is -2.32. The predicted molar refractivity (Wildman–Crippen MR) is 80.5 cm³/mol. The Morgan fingerprint density at radius 3 is 2.84 bits per heavy atom. The highest BCUT2D eigenvalue weighted by Gasteiger charge is 2.21. The van der Waals surface area contributed by atoms with Crippen LogP contribution in [0.5, 0.6) is 0 Å². The fourth-order valence-corrected chi connectivity index (χ4v) is 2.79. The molecule has 0 spiro atoms. The van der Waals surface area contributed by atoms with Gasteiger partial charge in [0.05, 0.1) is 0 Å². The van der Waals surface area contributed by atoms with E-state index in [1.165, 1.54) is 6.42 Å². The van der Waals surface area contributed by atoms with Crippen LogP contribution in [-0.2, 0) is 4.79 Å². The van der Waals surface area contributed by atoms with E-state index in [9.17, 15) is 4.79 Å². The van der Waals surface area contributed by atoms with Crippen molar-refractivity contribution < 1.29 is 4.79 Å². The number of carbonyl (C=O) groups excluding carboxylic acids is 1. The lowest BCUT2D eigenvalue weighted by atomic mass is 10.0. The van der Waals surface area contributed by atoms with Crippen LogP contribution in [0.15, 0.2) is 24.3 Å². The van der Waals surface area contributed by atoms with Gasteiger partial charge in [0.2, 0.25) is 5.91 Å². The molecule has 2 nitrogen and oxygen atoms in total. The molecule has 0 radical (unpaired) electrons. The van der Waals surface area contributed by atoms with Crippen molar-refractivity contribution >= 4 is 35.2 Å². The van der Waals surface area contributed by atoms with Gasteiger partial charge in [-0.3, -0.25) is 4.79 Å². The molecule has 1 fully saturated rings. The van der Waals surface area contributed by atoms with Crippen LogP contribution in [-0.4, -0.2) is 23.4 Å². The second kappa shape index (κ2) is 6.44. The van der Waals surface area contributed by atoms with Gasteiger partial charge in [0.25, 0.3) is 0 Å². The highest BCUT2D eigenvalue weighted by Crippen LogP contribution is 2.22. The van der Waals surface area contributed by atoms with Crippen LogP contribution >= 0.6 is 23.2 Å². The number of halogens is 2.